The molecule has 2 nitrogen and oxygen atoms in total. The summed E-state index contributed by atoms with van der Waals surface area (Å²) in [7, 11) is 0. The summed E-state index contributed by atoms with van der Waals surface area (Å²) in [5.74, 6) is -0.172. The third kappa shape index (κ3) is 2.66. The first-order valence-corrected chi connectivity index (χ1v) is 7.94. The zero-order valence-electron chi connectivity index (χ0n) is 12.0. The molecular formula is C16H22ClFN2. The molecule has 1 aliphatic carbocycles. The number of rotatable bonds is 1. The minimum absolute atomic E-state index is 0.166. The molecule has 1 atom stereocenters. The summed E-state index contributed by atoms with van der Waals surface area (Å²) in [5, 5.41) is 4.32. The molecule has 1 saturated carbocycles. The zero-order valence-corrected chi connectivity index (χ0v) is 12.7. The zero-order chi connectivity index (χ0) is 14.2. The third-order valence-corrected chi connectivity index (χ3v) is 5.04. The van der Waals surface area contributed by atoms with E-state index in [2.05, 4.69) is 17.1 Å². The third-order valence-electron chi connectivity index (χ3n) is 4.81. The summed E-state index contributed by atoms with van der Waals surface area (Å²) < 4.78 is 14.2. The predicted octanol–water partition coefficient (Wildman–Crippen LogP) is 3.98. The van der Waals surface area contributed by atoms with Crippen LogP contribution in [0.5, 0.6) is 0 Å². The molecule has 2 aliphatic rings. The maximum absolute atomic E-state index is 14.2. The normalized spacial score (nSPS) is 25.9. The molecule has 1 unspecified atom stereocenters. The summed E-state index contributed by atoms with van der Waals surface area (Å²) >= 11 is 6.05. The number of nitrogens with zero attached hydrogens (tertiary/aromatic N) is 1. The van der Waals surface area contributed by atoms with Crippen molar-refractivity contribution in [2.75, 3.05) is 18.0 Å². The van der Waals surface area contributed by atoms with Crippen LogP contribution in [0.4, 0.5) is 10.1 Å². The van der Waals surface area contributed by atoms with E-state index in [0.717, 1.165) is 13.1 Å². The van der Waals surface area contributed by atoms with Gasteiger partial charge in [-0.25, -0.2) is 4.39 Å². The van der Waals surface area contributed by atoms with Crippen LogP contribution in [0, 0.1) is 5.82 Å². The minimum atomic E-state index is -0.172. The molecular weight excluding hydrogens is 275 g/mol. The number of hydrogen-bond acceptors (Lipinski definition) is 2. The second kappa shape index (κ2) is 5.53. The van der Waals surface area contributed by atoms with Gasteiger partial charge in [-0.3, -0.25) is 0 Å². The quantitative estimate of drug-likeness (QED) is 0.843. The van der Waals surface area contributed by atoms with Crippen LogP contribution in [0.15, 0.2) is 18.2 Å². The van der Waals surface area contributed by atoms with Gasteiger partial charge in [0.2, 0.25) is 0 Å². The molecule has 0 amide bonds. The van der Waals surface area contributed by atoms with Crippen molar-refractivity contribution >= 4 is 17.3 Å². The van der Waals surface area contributed by atoms with Gasteiger partial charge >= 0.3 is 0 Å². The molecule has 4 heteroatoms. The molecule has 0 aromatic heterocycles. The summed E-state index contributed by atoms with van der Waals surface area (Å²) in [6, 6.07) is 5.13. The van der Waals surface area contributed by atoms with Gasteiger partial charge < -0.3 is 10.2 Å². The molecule has 1 N–H and O–H groups in total. The van der Waals surface area contributed by atoms with Crippen LogP contribution >= 0.6 is 11.6 Å². The van der Waals surface area contributed by atoms with E-state index in [-0.39, 0.29) is 17.4 Å². The average molecular weight is 297 g/mol. The molecule has 1 spiro atoms. The molecule has 1 aromatic carbocycles. The van der Waals surface area contributed by atoms with Crippen LogP contribution in [0.25, 0.3) is 0 Å². The molecule has 0 radical (unpaired) electrons. The van der Waals surface area contributed by atoms with Crippen LogP contribution in [0.1, 0.15) is 39.0 Å². The van der Waals surface area contributed by atoms with E-state index in [1.165, 1.54) is 38.2 Å². The Morgan fingerprint density at radius 3 is 2.80 bits per heavy atom. The van der Waals surface area contributed by atoms with E-state index in [1.807, 2.05) is 0 Å². The van der Waals surface area contributed by atoms with Crippen LogP contribution in [0.3, 0.4) is 0 Å². The molecule has 1 aliphatic heterocycles. The first-order valence-electron chi connectivity index (χ1n) is 7.56. The number of hydrogen-bond donors (Lipinski definition) is 1. The Morgan fingerprint density at radius 1 is 1.30 bits per heavy atom. The Balaban J connectivity index is 1.88. The van der Waals surface area contributed by atoms with Gasteiger partial charge in [0.15, 0.2) is 0 Å². The van der Waals surface area contributed by atoms with Crippen molar-refractivity contribution in [2.24, 2.45) is 0 Å². The summed E-state index contributed by atoms with van der Waals surface area (Å²) in [5.41, 5.74) is 0.816. The lowest BCUT2D eigenvalue weighted by molar-refractivity contribution is 0.200. The molecule has 20 heavy (non-hydrogen) atoms. The van der Waals surface area contributed by atoms with Crippen LogP contribution in [-0.2, 0) is 0 Å². The second-order valence-electron chi connectivity index (χ2n) is 6.29. The Morgan fingerprint density at radius 2 is 2.05 bits per heavy atom. The highest BCUT2D eigenvalue weighted by Gasteiger charge is 2.39. The Hall–Kier alpha value is -0.800. The average Bonchev–Trinajstić information content (AvgIpc) is 2.46. The smallest absolute Gasteiger partial charge is 0.146 e. The van der Waals surface area contributed by atoms with E-state index >= 15 is 0 Å². The summed E-state index contributed by atoms with van der Waals surface area (Å²) in [4.78, 5) is 2.20. The number of anilines is 1. The predicted molar refractivity (Wildman–Crippen MR) is 82.0 cm³/mol. The summed E-state index contributed by atoms with van der Waals surface area (Å²) in [6.45, 7) is 3.93. The van der Waals surface area contributed by atoms with E-state index in [0.29, 0.717) is 10.7 Å². The fourth-order valence-electron chi connectivity index (χ4n) is 3.60. The van der Waals surface area contributed by atoms with Crippen molar-refractivity contribution in [2.45, 2.75) is 50.6 Å². The van der Waals surface area contributed by atoms with Gasteiger partial charge in [-0.05, 0) is 38.0 Å². The van der Waals surface area contributed by atoms with Crippen molar-refractivity contribution < 1.29 is 4.39 Å². The van der Waals surface area contributed by atoms with E-state index in [9.17, 15) is 4.39 Å². The van der Waals surface area contributed by atoms with Crippen LogP contribution < -0.4 is 10.2 Å². The Bertz CT molecular complexity index is 485. The Kier molecular flexibility index (Phi) is 3.91. The number of nitrogens with one attached hydrogen (secondary N) is 1. The number of piperazine rings is 1. The minimum Gasteiger partial charge on any atom is -0.363 e. The van der Waals surface area contributed by atoms with Gasteiger partial charge in [-0.2, -0.15) is 0 Å². The lowest BCUT2D eigenvalue weighted by Gasteiger charge is -2.50. The molecule has 110 valence electrons. The fourth-order valence-corrected chi connectivity index (χ4v) is 3.77. The molecule has 3 rings (SSSR count). The van der Waals surface area contributed by atoms with Gasteiger partial charge in [0.05, 0.1) is 5.69 Å². The van der Waals surface area contributed by atoms with Gasteiger partial charge in [0.25, 0.3) is 0 Å². The highest BCUT2D eigenvalue weighted by atomic mass is 35.5. The molecule has 1 saturated heterocycles. The van der Waals surface area contributed by atoms with Crippen LogP contribution in [0.2, 0.25) is 5.02 Å². The Labute approximate surface area is 125 Å². The van der Waals surface area contributed by atoms with Gasteiger partial charge in [-0.15, -0.1) is 0 Å². The van der Waals surface area contributed by atoms with Gasteiger partial charge in [0.1, 0.15) is 5.82 Å². The van der Waals surface area contributed by atoms with Crippen molar-refractivity contribution in [3.8, 4) is 0 Å². The number of halogens is 2. The van der Waals surface area contributed by atoms with Gasteiger partial charge in [0, 0.05) is 29.7 Å². The van der Waals surface area contributed by atoms with Gasteiger partial charge in [-0.1, -0.05) is 30.9 Å². The van der Waals surface area contributed by atoms with Crippen molar-refractivity contribution in [1.82, 2.24) is 5.32 Å². The molecule has 2 fully saturated rings. The van der Waals surface area contributed by atoms with E-state index in [4.69, 9.17) is 11.6 Å². The molecule has 0 bridgehead atoms. The fraction of sp³-hybridized carbons (Fsp3) is 0.625. The first kappa shape index (κ1) is 14.2. The highest BCUT2D eigenvalue weighted by Crippen LogP contribution is 2.35. The first-order chi connectivity index (χ1) is 9.60. The second-order valence-corrected chi connectivity index (χ2v) is 6.73. The standard InChI is InChI=1S/C16H22ClFN2/c1-12-10-19-16(7-3-2-4-8-16)11-20(12)15-9-13(17)5-6-14(15)18/h5-6,9,12,19H,2-4,7-8,10-11H2,1H3. The van der Waals surface area contributed by atoms with Crippen LogP contribution in [-0.4, -0.2) is 24.7 Å². The molecule has 1 heterocycles. The van der Waals surface area contributed by atoms with Crippen molar-refractivity contribution in [3.05, 3.63) is 29.0 Å². The van der Waals surface area contributed by atoms with E-state index in [1.54, 1.807) is 12.1 Å². The topological polar surface area (TPSA) is 15.3 Å². The SMILES string of the molecule is CC1CNC2(CCCCC2)CN1c1cc(Cl)ccc1F. The van der Waals surface area contributed by atoms with E-state index < -0.39 is 0 Å². The van der Waals surface area contributed by atoms with Crippen molar-refractivity contribution in [1.29, 1.82) is 0 Å². The maximum Gasteiger partial charge on any atom is 0.146 e. The highest BCUT2D eigenvalue weighted by molar-refractivity contribution is 6.30. The lowest BCUT2D eigenvalue weighted by Crippen LogP contribution is -2.64. The maximum atomic E-state index is 14.2. The lowest BCUT2D eigenvalue weighted by atomic mass is 9.79. The monoisotopic (exact) mass is 296 g/mol. The molecule has 1 aromatic rings. The largest absolute Gasteiger partial charge is 0.363 e. The summed E-state index contributed by atoms with van der Waals surface area (Å²) in [6.07, 6.45) is 6.25. The van der Waals surface area contributed by atoms with Crippen molar-refractivity contribution in [3.63, 3.8) is 0 Å². The number of benzene rings is 1.